The van der Waals surface area contributed by atoms with E-state index in [0.29, 0.717) is 31.2 Å². The molecule has 0 fully saturated rings. The monoisotopic (exact) mass is 616 g/mol. The molecule has 238 valence electrons. The number of aromatic hydroxyl groups is 1. The van der Waals surface area contributed by atoms with Gasteiger partial charge in [0.2, 0.25) is 0 Å². The zero-order valence-corrected chi connectivity index (χ0v) is 29.3. The van der Waals surface area contributed by atoms with Gasteiger partial charge in [0, 0.05) is 11.1 Å². The van der Waals surface area contributed by atoms with E-state index in [0.717, 1.165) is 36.8 Å². The first-order valence-electron chi connectivity index (χ1n) is 15.5. The molecule has 0 heterocycles. The Labute approximate surface area is 250 Å². The van der Waals surface area contributed by atoms with Gasteiger partial charge in [0.25, 0.3) is 0 Å². The van der Waals surface area contributed by atoms with Crippen LogP contribution in [0.5, 0.6) is 5.75 Å². The molecule has 0 aliphatic carbocycles. The van der Waals surface area contributed by atoms with Crippen molar-refractivity contribution in [2.24, 2.45) is 0 Å². The zero-order chi connectivity index (χ0) is 31.3. The highest BCUT2D eigenvalue weighted by molar-refractivity contribution is 7.79. The average Bonchev–Trinajstić information content (AvgIpc) is 2.87. The lowest BCUT2D eigenvalue weighted by molar-refractivity contribution is 0.194. The summed E-state index contributed by atoms with van der Waals surface area (Å²) < 4.78 is 53.5. The first-order chi connectivity index (χ1) is 19.1. The Kier molecular flexibility index (Phi) is 16.1. The van der Waals surface area contributed by atoms with E-state index in [-0.39, 0.29) is 48.1 Å². The van der Waals surface area contributed by atoms with Crippen LogP contribution in [-0.4, -0.2) is 31.5 Å². The fraction of sp³-hybridized carbons (Fsp3) is 0.750. The van der Waals surface area contributed by atoms with Gasteiger partial charge in [-0.15, -0.1) is 0 Å². The van der Waals surface area contributed by atoms with Crippen LogP contribution >= 0.6 is 15.2 Å². The van der Waals surface area contributed by atoms with Crippen LogP contribution in [0.1, 0.15) is 137 Å². The van der Waals surface area contributed by atoms with Crippen molar-refractivity contribution < 1.29 is 32.3 Å². The minimum atomic E-state index is -4.11. The van der Waals surface area contributed by atoms with E-state index in [1.54, 1.807) is 6.08 Å². The van der Waals surface area contributed by atoms with Crippen molar-refractivity contribution in [1.82, 2.24) is 0 Å². The molecule has 1 aromatic rings. The van der Waals surface area contributed by atoms with Gasteiger partial charge in [-0.3, -0.25) is 9.13 Å². The maximum Gasteiger partial charge on any atom is 0.369 e. The van der Waals surface area contributed by atoms with Gasteiger partial charge in [-0.05, 0) is 60.3 Å². The van der Waals surface area contributed by atoms with Crippen LogP contribution < -0.4 is 0 Å². The van der Waals surface area contributed by atoms with E-state index in [4.69, 9.17) is 18.1 Å². The molecule has 0 aliphatic heterocycles. The summed E-state index contributed by atoms with van der Waals surface area (Å²) in [6.07, 6.45) is 7.67. The lowest BCUT2D eigenvalue weighted by Crippen LogP contribution is -2.17. The number of rotatable bonds is 19. The van der Waals surface area contributed by atoms with Crippen LogP contribution in [0, 0.1) is 0 Å². The van der Waals surface area contributed by atoms with Crippen LogP contribution in [0.3, 0.4) is 0 Å². The molecular weight excluding hydrogens is 558 g/mol. The molecule has 7 nitrogen and oxygen atoms in total. The lowest BCUT2D eigenvalue weighted by Gasteiger charge is -2.29. The lowest BCUT2D eigenvalue weighted by atomic mass is 9.78. The molecule has 0 bridgehead atoms. The van der Waals surface area contributed by atoms with Crippen molar-refractivity contribution >= 4 is 21.3 Å². The predicted octanol–water partition coefficient (Wildman–Crippen LogP) is 10.9. The minimum Gasteiger partial charge on any atom is -0.507 e. The molecular formula is C32H58O7P2. The molecule has 0 aliphatic rings. The van der Waals surface area contributed by atoms with E-state index in [1.165, 1.54) is 0 Å². The highest BCUT2D eigenvalue weighted by atomic mass is 31.2. The summed E-state index contributed by atoms with van der Waals surface area (Å²) in [4.78, 5) is 0. The molecule has 9 heteroatoms. The summed E-state index contributed by atoms with van der Waals surface area (Å²) in [5.41, 5.74) is 1.33. The quantitative estimate of drug-likeness (QED) is 0.122. The van der Waals surface area contributed by atoms with Crippen LogP contribution in [0.25, 0.3) is 6.08 Å². The van der Waals surface area contributed by atoms with Gasteiger partial charge in [0.05, 0.1) is 26.4 Å². The molecule has 0 aromatic heterocycles. The second-order valence-corrected chi connectivity index (χ2v) is 17.0. The van der Waals surface area contributed by atoms with Crippen molar-refractivity contribution in [3.63, 3.8) is 0 Å². The standard InChI is InChI=1S/C32H58O7P2/c1-11-15-19-36-40(34,37-20-16-12-2)29(41(35,38-21-17-13-3)39-22-18-14-4)25-26-23-27(31(5,6)7)30(33)28(24-26)32(8,9)10/h23-25,33H,11-22H2,1-10H3. The minimum absolute atomic E-state index is 0.0742. The normalized spacial score (nSPS) is 13.0. The van der Waals surface area contributed by atoms with Crippen molar-refractivity contribution in [1.29, 1.82) is 0 Å². The molecule has 0 unspecified atom stereocenters. The fourth-order valence-corrected chi connectivity index (χ4v) is 8.66. The Morgan fingerprint density at radius 3 is 1.20 bits per heavy atom. The molecule has 0 amide bonds. The van der Waals surface area contributed by atoms with Crippen molar-refractivity contribution in [2.75, 3.05) is 26.4 Å². The van der Waals surface area contributed by atoms with Gasteiger partial charge >= 0.3 is 15.2 Å². The SMILES string of the molecule is CCCCOP(=O)(OCCCC)C(=Cc1cc(C(C)(C)C)c(O)c(C(C)(C)C)c1)P(=O)(OCCCC)OCCCC. The summed E-state index contributed by atoms with van der Waals surface area (Å²) in [6.45, 7) is 21.0. The molecule has 0 radical (unpaired) electrons. The first kappa shape index (κ1) is 38.1. The third-order valence-electron chi connectivity index (χ3n) is 6.64. The van der Waals surface area contributed by atoms with E-state index in [1.807, 2.05) is 81.4 Å². The Morgan fingerprint density at radius 2 is 0.951 bits per heavy atom. The summed E-state index contributed by atoms with van der Waals surface area (Å²) in [6, 6.07) is 3.71. The van der Waals surface area contributed by atoms with Gasteiger partial charge in [-0.25, -0.2) is 0 Å². The maximum absolute atomic E-state index is 14.7. The molecule has 0 saturated heterocycles. The van der Waals surface area contributed by atoms with Gasteiger partial charge in [-0.1, -0.05) is 94.9 Å². The Morgan fingerprint density at radius 1 is 0.659 bits per heavy atom. The number of hydrogen-bond donors (Lipinski definition) is 1. The first-order valence-corrected chi connectivity index (χ1v) is 18.6. The topological polar surface area (TPSA) is 91.3 Å². The second kappa shape index (κ2) is 17.4. The number of benzene rings is 1. The third-order valence-corrected chi connectivity index (χ3v) is 11.6. The van der Waals surface area contributed by atoms with Crippen LogP contribution in [0.4, 0.5) is 0 Å². The summed E-state index contributed by atoms with van der Waals surface area (Å²) in [7, 11) is -8.22. The van der Waals surface area contributed by atoms with E-state index in [2.05, 4.69) is 0 Å². The smallest absolute Gasteiger partial charge is 0.369 e. The van der Waals surface area contributed by atoms with E-state index >= 15 is 0 Å². The van der Waals surface area contributed by atoms with Gasteiger partial charge in [0.1, 0.15) is 5.75 Å². The molecule has 1 aromatic carbocycles. The molecule has 1 N–H and O–H groups in total. The van der Waals surface area contributed by atoms with Gasteiger partial charge < -0.3 is 23.2 Å². The van der Waals surface area contributed by atoms with Crippen LogP contribution in [-0.2, 0) is 38.1 Å². The molecule has 41 heavy (non-hydrogen) atoms. The molecule has 0 atom stereocenters. The highest BCUT2D eigenvalue weighted by Gasteiger charge is 2.46. The summed E-state index contributed by atoms with van der Waals surface area (Å²) in [5.74, 6) is 0.229. The predicted molar refractivity (Wildman–Crippen MR) is 172 cm³/mol. The number of phenols is 1. The molecule has 1 rings (SSSR count). The largest absolute Gasteiger partial charge is 0.507 e. The Bertz CT molecular complexity index is 948. The summed E-state index contributed by atoms with van der Waals surface area (Å²) in [5, 5.41) is 11.2. The fourth-order valence-electron chi connectivity index (χ4n) is 4.00. The van der Waals surface area contributed by atoms with E-state index in [9.17, 15) is 14.2 Å². The van der Waals surface area contributed by atoms with Crippen molar-refractivity contribution in [2.45, 2.75) is 131 Å². The molecule has 0 spiro atoms. The highest BCUT2D eigenvalue weighted by Crippen LogP contribution is 2.74. The van der Waals surface area contributed by atoms with Crippen LogP contribution in [0.15, 0.2) is 17.2 Å². The third kappa shape index (κ3) is 11.9. The van der Waals surface area contributed by atoms with E-state index < -0.39 is 15.2 Å². The Hall–Kier alpha value is -0.940. The van der Waals surface area contributed by atoms with Crippen molar-refractivity contribution in [3.8, 4) is 5.75 Å². The van der Waals surface area contributed by atoms with Gasteiger partial charge in [-0.2, -0.15) is 0 Å². The zero-order valence-electron chi connectivity index (χ0n) is 27.5. The second-order valence-electron chi connectivity index (χ2n) is 12.7. The maximum atomic E-state index is 14.7. The summed E-state index contributed by atoms with van der Waals surface area (Å²) >= 11 is 0. The number of phenolic OH excluding ortho intramolecular Hbond substituents is 1. The number of hydrogen-bond acceptors (Lipinski definition) is 7. The van der Waals surface area contributed by atoms with Crippen molar-refractivity contribution in [3.05, 3.63) is 33.9 Å². The molecule has 0 saturated carbocycles. The average molecular weight is 617 g/mol. The Balaban J connectivity index is 4.07. The van der Waals surface area contributed by atoms with Gasteiger partial charge in [0.15, 0.2) is 5.06 Å². The number of unbranched alkanes of at least 4 members (excludes halogenated alkanes) is 4. The van der Waals surface area contributed by atoms with Crippen LogP contribution in [0.2, 0.25) is 0 Å².